The molecule has 0 aromatic heterocycles. The minimum absolute atomic E-state index is 0.0580. The Labute approximate surface area is 193 Å². The molecule has 2 rings (SSSR count). The number of carbonyl (C=O) groups is 3. The van der Waals surface area contributed by atoms with Gasteiger partial charge in [-0.05, 0) is 45.7 Å². The topological polar surface area (TPSA) is 151 Å². The molecule has 1 fully saturated rings. The zero-order chi connectivity index (χ0) is 24.8. The van der Waals surface area contributed by atoms with Crippen LogP contribution in [0.15, 0.2) is 29.2 Å². The number of piperidine rings is 1. The number of nitrogens with zero attached hydrogens (tertiary/aromatic N) is 1. The van der Waals surface area contributed by atoms with Crippen molar-refractivity contribution in [1.29, 1.82) is 0 Å². The molecule has 0 bridgehead atoms. The average Bonchev–Trinajstić information content (AvgIpc) is 2.75. The minimum atomic E-state index is -4.23. The fraction of sp³-hybridized carbons (Fsp3) is 0.571. The number of carboxylic acid groups (broad SMARTS) is 1. The molecular weight excluding hydrogens is 454 g/mol. The quantitative estimate of drug-likeness (QED) is 0.497. The van der Waals surface area contributed by atoms with Crippen molar-refractivity contribution in [2.45, 2.75) is 50.2 Å². The molecule has 1 saturated heterocycles. The number of nitrogens with one attached hydrogen (secondary N) is 2. The van der Waals surface area contributed by atoms with Crippen LogP contribution in [0.2, 0.25) is 0 Å². The fourth-order valence-corrected chi connectivity index (χ4v) is 4.66. The van der Waals surface area contributed by atoms with Gasteiger partial charge in [0.05, 0.1) is 13.0 Å². The third-order valence-corrected chi connectivity index (χ3v) is 6.39. The van der Waals surface area contributed by atoms with E-state index in [0.717, 1.165) is 0 Å². The van der Waals surface area contributed by atoms with Gasteiger partial charge in [-0.1, -0.05) is 12.1 Å². The minimum Gasteiger partial charge on any atom is -0.495 e. The van der Waals surface area contributed by atoms with Gasteiger partial charge in [0.1, 0.15) is 22.3 Å². The van der Waals surface area contributed by atoms with Crippen LogP contribution in [-0.4, -0.2) is 74.8 Å². The van der Waals surface area contributed by atoms with Gasteiger partial charge in [-0.3, -0.25) is 9.59 Å². The van der Waals surface area contributed by atoms with Crippen molar-refractivity contribution < 1.29 is 37.4 Å². The maximum absolute atomic E-state index is 12.7. The molecule has 2 unspecified atom stereocenters. The van der Waals surface area contributed by atoms with Gasteiger partial charge in [-0.15, -0.1) is 0 Å². The van der Waals surface area contributed by atoms with Gasteiger partial charge in [-0.25, -0.2) is 13.2 Å². The molecule has 1 heterocycles. The van der Waals surface area contributed by atoms with E-state index in [1.54, 1.807) is 26.8 Å². The summed E-state index contributed by atoms with van der Waals surface area (Å²) >= 11 is 0. The van der Waals surface area contributed by atoms with Crippen LogP contribution in [0.5, 0.6) is 5.75 Å². The highest BCUT2D eigenvalue weighted by Gasteiger charge is 2.33. The van der Waals surface area contributed by atoms with Crippen LogP contribution in [0.4, 0.5) is 4.79 Å². The molecule has 1 aliphatic rings. The highest BCUT2D eigenvalue weighted by molar-refractivity contribution is 7.89. The van der Waals surface area contributed by atoms with E-state index in [1.807, 2.05) is 0 Å². The second kappa shape index (κ2) is 10.8. The Hall–Kier alpha value is -2.86. The van der Waals surface area contributed by atoms with Crippen LogP contribution in [0, 0.1) is 5.92 Å². The van der Waals surface area contributed by atoms with Gasteiger partial charge in [-0.2, -0.15) is 4.72 Å². The number of likely N-dealkylation sites (tertiary alicyclic amines) is 1. The lowest BCUT2D eigenvalue weighted by atomic mass is 9.97. The van der Waals surface area contributed by atoms with E-state index < -0.39 is 52.1 Å². The van der Waals surface area contributed by atoms with Crippen molar-refractivity contribution >= 4 is 28.0 Å². The van der Waals surface area contributed by atoms with Crippen molar-refractivity contribution in [2.24, 2.45) is 5.92 Å². The number of carboxylic acids is 1. The predicted molar refractivity (Wildman–Crippen MR) is 118 cm³/mol. The summed E-state index contributed by atoms with van der Waals surface area (Å²) in [6, 6.07) is 4.18. The number of hydrogen-bond acceptors (Lipinski definition) is 7. The fourth-order valence-electron chi connectivity index (χ4n) is 3.30. The summed E-state index contributed by atoms with van der Waals surface area (Å²) in [5.41, 5.74) is -0.667. The lowest BCUT2D eigenvalue weighted by Gasteiger charge is -2.33. The van der Waals surface area contributed by atoms with Crippen LogP contribution in [0.25, 0.3) is 0 Å². The lowest BCUT2D eigenvalue weighted by Crippen LogP contribution is -2.51. The molecule has 33 heavy (non-hydrogen) atoms. The molecule has 12 heteroatoms. The monoisotopic (exact) mass is 485 g/mol. The predicted octanol–water partition coefficient (Wildman–Crippen LogP) is 1.19. The summed E-state index contributed by atoms with van der Waals surface area (Å²) in [6.45, 7) is 5.36. The molecule has 2 atom stereocenters. The highest BCUT2D eigenvalue weighted by Crippen LogP contribution is 2.23. The number of amides is 2. The van der Waals surface area contributed by atoms with Crippen LogP contribution in [0.1, 0.15) is 33.6 Å². The number of ether oxygens (including phenoxy) is 2. The zero-order valence-corrected chi connectivity index (χ0v) is 20.0. The highest BCUT2D eigenvalue weighted by atomic mass is 32.2. The number of methoxy groups -OCH3 is 1. The third kappa shape index (κ3) is 7.60. The first-order valence-corrected chi connectivity index (χ1v) is 12.0. The van der Waals surface area contributed by atoms with E-state index in [9.17, 15) is 27.9 Å². The van der Waals surface area contributed by atoms with Crippen LogP contribution in [0.3, 0.4) is 0 Å². The van der Waals surface area contributed by atoms with Crippen molar-refractivity contribution in [2.75, 3.05) is 26.7 Å². The summed E-state index contributed by atoms with van der Waals surface area (Å²) in [6.07, 6.45) is 0.573. The van der Waals surface area contributed by atoms with Crippen molar-refractivity contribution in [3.63, 3.8) is 0 Å². The Balaban J connectivity index is 2.01. The van der Waals surface area contributed by atoms with Crippen molar-refractivity contribution in [1.82, 2.24) is 14.9 Å². The van der Waals surface area contributed by atoms with Crippen LogP contribution < -0.4 is 14.8 Å². The second-order valence-electron chi connectivity index (χ2n) is 8.67. The summed E-state index contributed by atoms with van der Waals surface area (Å²) in [5.74, 6) is -2.42. The maximum Gasteiger partial charge on any atom is 0.410 e. The summed E-state index contributed by atoms with van der Waals surface area (Å²) in [5, 5.41) is 12.0. The molecule has 1 aromatic rings. The lowest BCUT2D eigenvalue weighted by molar-refractivity contribution is -0.139. The van der Waals surface area contributed by atoms with Gasteiger partial charge in [0.15, 0.2) is 0 Å². The Morgan fingerprint density at radius 2 is 1.91 bits per heavy atom. The Kier molecular flexibility index (Phi) is 8.67. The number of aliphatic carboxylic acids is 1. The molecule has 0 spiro atoms. The largest absolute Gasteiger partial charge is 0.495 e. The molecular formula is C21H31N3O8S. The van der Waals surface area contributed by atoms with Crippen molar-refractivity contribution in [3.8, 4) is 5.75 Å². The Morgan fingerprint density at radius 3 is 2.52 bits per heavy atom. The molecule has 0 saturated carbocycles. The SMILES string of the molecule is COc1ccccc1S(=O)(=O)NC(CNC(=O)C1CCCN(C(=O)OC(C)(C)C)C1)C(=O)O. The molecule has 11 nitrogen and oxygen atoms in total. The van der Waals surface area contributed by atoms with E-state index in [0.29, 0.717) is 19.4 Å². The van der Waals surface area contributed by atoms with Gasteiger partial charge in [0.2, 0.25) is 15.9 Å². The van der Waals surface area contributed by atoms with Crippen LogP contribution >= 0.6 is 0 Å². The number of para-hydroxylation sites is 1. The first-order chi connectivity index (χ1) is 15.3. The normalized spacial score (nSPS) is 17.7. The van der Waals surface area contributed by atoms with Crippen molar-refractivity contribution in [3.05, 3.63) is 24.3 Å². The van der Waals surface area contributed by atoms with Gasteiger partial charge < -0.3 is 24.8 Å². The first kappa shape index (κ1) is 26.4. The number of hydrogen-bond donors (Lipinski definition) is 3. The number of rotatable bonds is 8. The molecule has 3 N–H and O–H groups in total. The van der Waals surface area contributed by atoms with Gasteiger partial charge in [0.25, 0.3) is 0 Å². The van der Waals surface area contributed by atoms with Gasteiger partial charge in [0, 0.05) is 19.6 Å². The molecule has 2 amide bonds. The molecule has 184 valence electrons. The molecule has 1 aliphatic heterocycles. The molecule has 0 radical (unpaired) electrons. The number of benzene rings is 1. The van der Waals surface area contributed by atoms with E-state index in [1.165, 1.54) is 30.2 Å². The van der Waals surface area contributed by atoms with Gasteiger partial charge >= 0.3 is 12.1 Å². The average molecular weight is 486 g/mol. The Bertz CT molecular complexity index is 974. The summed E-state index contributed by atoms with van der Waals surface area (Å²) in [4.78, 5) is 37.8. The Morgan fingerprint density at radius 1 is 1.24 bits per heavy atom. The smallest absolute Gasteiger partial charge is 0.410 e. The maximum atomic E-state index is 12.7. The number of sulfonamides is 1. The first-order valence-electron chi connectivity index (χ1n) is 10.5. The van der Waals surface area contributed by atoms with Crippen LogP contribution in [-0.2, 0) is 24.3 Å². The van der Waals surface area contributed by atoms with E-state index in [4.69, 9.17) is 9.47 Å². The number of carbonyl (C=O) groups excluding carboxylic acids is 2. The summed E-state index contributed by atoms with van der Waals surface area (Å²) in [7, 11) is -2.93. The van der Waals surface area contributed by atoms with E-state index in [-0.39, 0.29) is 17.2 Å². The second-order valence-corrected chi connectivity index (χ2v) is 10.4. The summed E-state index contributed by atoms with van der Waals surface area (Å²) < 4.78 is 37.8. The third-order valence-electron chi connectivity index (χ3n) is 4.88. The van der Waals surface area contributed by atoms with E-state index in [2.05, 4.69) is 10.0 Å². The zero-order valence-electron chi connectivity index (χ0n) is 19.2. The molecule has 0 aliphatic carbocycles. The van der Waals surface area contributed by atoms with E-state index >= 15 is 0 Å². The molecule has 1 aromatic carbocycles. The standard InChI is InChI=1S/C21H31N3O8S/c1-21(2,3)32-20(28)24-11-7-8-14(13-24)18(25)22-12-15(19(26)27)23-33(29,30)17-10-6-5-9-16(17)31-4/h5-6,9-10,14-15,23H,7-8,11-13H2,1-4H3,(H,22,25)(H,26,27).